The van der Waals surface area contributed by atoms with Crippen molar-refractivity contribution in [3.05, 3.63) is 81.1 Å². The zero-order valence-corrected chi connectivity index (χ0v) is 22.7. The van der Waals surface area contributed by atoms with Gasteiger partial charge in [0.2, 0.25) is 0 Å². The predicted octanol–water partition coefficient (Wildman–Crippen LogP) is 6.52. The Kier molecular flexibility index (Phi) is 8.07. The Morgan fingerprint density at radius 2 is 1.69 bits per heavy atom. The van der Waals surface area contributed by atoms with E-state index in [4.69, 9.17) is 32.8 Å². The van der Waals surface area contributed by atoms with E-state index in [1.54, 1.807) is 24.3 Å². The van der Waals surface area contributed by atoms with E-state index in [1.807, 2.05) is 0 Å². The molecule has 0 aliphatic carbocycles. The van der Waals surface area contributed by atoms with Crippen LogP contribution in [0, 0.1) is 5.82 Å². The van der Waals surface area contributed by atoms with Crippen molar-refractivity contribution in [2.45, 2.75) is 36.5 Å². The lowest BCUT2D eigenvalue weighted by Gasteiger charge is -2.37. The molecule has 2 aliphatic rings. The molecule has 15 heteroatoms. The van der Waals surface area contributed by atoms with Crippen LogP contribution in [0.2, 0.25) is 10.0 Å². The zero-order chi connectivity index (χ0) is 30.4. The maximum Gasteiger partial charge on any atom is 0.435 e. The molecule has 2 heterocycles. The van der Waals surface area contributed by atoms with Crippen molar-refractivity contribution in [2.24, 2.45) is 5.16 Å². The lowest BCUT2D eigenvalue weighted by atomic mass is 9.85. The third-order valence-electron chi connectivity index (χ3n) is 7.08. The van der Waals surface area contributed by atoms with E-state index in [0.717, 1.165) is 12.1 Å². The van der Waals surface area contributed by atoms with Gasteiger partial charge >= 0.3 is 12.4 Å². The number of ether oxygens (including phenoxy) is 1. The maximum atomic E-state index is 14.5. The van der Waals surface area contributed by atoms with Crippen LogP contribution in [0.3, 0.4) is 0 Å². The summed E-state index contributed by atoms with van der Waals surface area (Å²) >= 11 is 11.5. The molecule has 2 unspecified atom stereocenters. The van der Waals surface area contributed by atoms with Gasteiger partial charge in [-0.3, -0.25) is 4.79 Å². The average molecular weight is 638 g/mol. The summed E-state index contributed by atoms with van der Waals surface area (Å²) < 4.78 is 100. The van der Waals surface area contributed by atoms with Crippen molar-refractivity contribution in [3.8, 4) is 0 Å². The molecule has 5 rings (SSSR count). The third-order valence-corrected chi connectivity index (χ3v) is 7.63. The monoisotopic (exact) mass is 637 g/mol. The molecule has 224 valence electrons. The first-order valence-corrected chi connectivity index (χ1v) is 13.1. The number of carbonyl (C=O) groups excluding carboxylic acids is 1. The number of fused-ring (bicyclic) bond motifs is 1. The molecule has 1 fully saturated rings. The summed E-state index contributed by atoms with van der Waals surface area (Å²) in [4.78, 5) is 18.1. The van der Waals surface area contributed by atoms with Crippen LogP contribution in [0.25, 0.3) is 10.8 Å². The second-order valence-corrected chi connectivity index (χ2v) is 10.6. The van der Waals surface area contributed by atoms with E-state index >= 15 is 0 Å². The number of carbonyl (C=O) groups is 1. The van der Waals surface area contributed by atoms with Gasteiger partial charge in [0.05, 0.1) is 41.1 Å². The van der Waals surface area contributed by atoms with Gasteiger partial charge in [-0.25, -0.2) is 4.39 Å². The SMILES string of the molecule is O=C(NCC1OCC1NCC(F)(F)F)c1ccc(C2=NO[C@@](c3cc(Cl)c(F)c(Cl)c3)(C(F)(F)F)C2)c2ccccc12. The summed E-state index contributed by atoms with van der Waals surface area (Å²) in [5.41, 5.74) is -3.20. The van der Waals surface area contributed by atoms with Crippen LogP contribution < -0.4 is 10.6 Å². The number of hydrogen-bond donors (Lipinski definition) is 2. The quantitative estimate of drug-likeness (QED) is 0.229. The first-order valence-electron chi connectivity index (χ1n) is 12.4. The summed E-state index contributed by atoms with van der Waals surface area (Å²) in [6, 6.07) is 10.2. The minimum Gasteiger partial charge on any atom is -0.374 e. The highest BCUT2D eigenvalue weighted by atomic mass is 35.5. The predicted molar refractivity (Wildman–Crippen MR) is 140 cm³/mol. The Hall–Kier alpha value is -3.13. The van der Waals surface area contributed by atoms with Crippen LogP contribution in [0.15, 0.2) is 53.7 Å². The standard InChI is InChI=1S/C27H20Cl2F7N3O3/c28-18-7-13(8-19(29)23(18)30)25(27(34,35)36)9-20(39-42-25)16-5-6-17(15-4-2-1-3-14(15)16)24(40)37-10-22-21(11-41-22)38-12-26(31,32)33/h1-8,21-22,38H,9-12H2,(H,37,40)/t21?,22?,25-/m0/s1. The molecule has 1 saturated heterocycles. The zero-order valence-electron chi connectivity index (χ0n) is 21.2. The van der Waals surface area contributed by atoms with Crippen molar-refractivity contribution < 1.29 is 45.1 Å². The molecule has 2 aliphatic heterocycles. The molecule has 3 atom stereocenters. The van der Waals surface area contributed by atoms with Gasteiger partial charge in [0.15, 0.2) is 5.82 Å². The fourth-order valence-corrected chi connectivity index (χ4v) is 5.33. The number of oxime groups is 1. The molecule has 0 aromatic heterocycles. The number of alkyl halides is 6. The molecule has 0 bridgehead atoms. The van der Waals surface area contributed by atoms with E-state index in [0.29, 0.717) is 10.8 Å². The van der Waals surface area contributed by atoms with E-state index in [2.05, 4.69) is 15.8 Å². The van der Waals surface area contributed by atoms with Gasteiger partial charge in [0.1, 0.15) is 0 Å². The molecule has 0 radical (unpaired) electrons. The van der Waals surface area contributed by atoms with Crippen LogP contribution >= 0.6 is 23.2 Å². The highest BCUT2D eigenvalue weighted by molar-refractivity contribution is 6.35. The number of amides is 1. The van der Waals surface area contributed by atoms with Gasteiger partial charge < -0.3 is 20.2 Å². The summed E-state index contributed by atoms with van der Waals surface area (Å²) in [5.74, 6) is -1.64. The topological polar surface area (TPSA) is 72.0 Å². The number of halogens is 9. The molecule has 1 amide bonds. The van der Waals surface area contributed by atoms with Crippen LogP contribution in [0.5, 0.6) is 0 Å². The number of nitrogens with one attached hydrogen (secondary N) is 2. The first-order chi connectivity index (χ1) is 19.7. The van der Waals surface area contributed by atoms with Gasteiger partial charge in [0, 0.05) is 29.7 Å². The molecular weight excluding hydrogens is 618 g/mol. The molecule has 6 nitrogen and oxygen atoms in total. The van der Waals surface area contributed by atoms with Gasteiger partial charge in [-0.15, -0.1) is 0 Å². The van der Waals surface area contributed by atoms with Gasteiger partial charge in [-0.1, -0.05) is 58.7 Å². The van der Waals surface area contributed by atoms with E-state index < -0.39 is 70.4 Å². The molecule has 0 spiro atoms. The molecule has 3 aromatic rings. The smallest absolute Gasteiger partial charge is 0.374 e. The number of hydrogen-bond acceptors (Lipinski definition) is 5. The lowest BCUT2D eigenvalue weighted by molar-refractivity contribution is -0.275. The largest absolute Gasteiger partial charge is 0.435 e. The van der Waals surface area contributed by atoms with E-state index in [-0.39, 0.29) is 30.0 Å². The summed E-state index contributed by atoms with van der Waals surface area (Å²) in [5, 5.41) is 8.26. The molecule has 2 N–H and O–H groups in total. The molecule has 42 heavy (non-hydrogen) atoms. The average Bonchev–Trinajstić information content (AvgIpc) is 3.36. The Bertz CT molecular complexity index is 1540. The van der Waals surface area contributed by atoms with Gasteiger partial charge in [0.25, 0.3) is 11.5 Å². The Morgan fingerprint density at radius 3 is 2.29 bits per heavy atom. The number of benzene rings is 3. The van der Waals surface area contributed by atoms with E-state index in [1.165, 1.54) is 12.1 Å². The minimum atomic E-state index is -5.01. The summed E-state index contributed by atoms with van der Waals surface area (Å²) in [7, 11) is 0. The number of nitrogens with zero attached hydrogens (tertiary/aromatic N) is 1. The molecule has 3 aromatic carbocycles. The molecular formula is C27H20Cl2F7N3O3. The van der Waals surface area contributed by atoms with Crippen LogP contribution in [-0.2, 0) is 15.2 Å². The summed E-state index contributed by atoms with van der Waals surface area (Å²) in [6.07, 6.45) is -10.9. The van der Waals surface area contributed by atoms with Crippen molar-refractivity contribution in [2.75, 3.05) is 19.7 Å². The van der Waals surface area contributed by atoms with Crippen LogP contribution in [0.1, 0.15) is 27.9 Å². The normalized spacial score (nSPS) is 22.5. The third kappa shape index (κ3) is 5.75. The lowest BCUT2D eigenvalue weighted by Crippen LogP contribution is -2.59. The maximum absolute atomic E-state index is 14.5. The molecule has 0 saturated carbocycles. The Balaban J connectivity index is 1.38. The van der Waals surface area contributed by atoms with Crippen molar-refractivity contribution >= 4 is 45.6 Å². The highest BCUT2D eigenvalue weighted by Gasteiger charge is 2.62. The van der Waals surface area contributed by atoms with Crippen molar-refractivity contribution in [3.63, 3.8) is 0 Å². The Labute approximate surface area is 243 Å². The van der Waals surface area contributed by atoms with Gasteiger partial charge in [-0.2, -0.15) is 26.3 Å². The second-order valence-electron chi connectivity index (χ2n) is 9.78. The Morgan fingerprint density at radius 1 is 1.02 bits per heavy atom. The minimum absolute atomic E-state index is 0.0637. The van der Waals surface area contributed by atoms with Crippen molar-refractivity contribution in [1.82, 2.24) is 10.6 Å². The number of rotatable bonds is 7. The fourth-order valence-electron chi connectivity index (χ4n) is 4.84. The second kappa shape index (κ2) is 11.2. The highest BCUT2D eigenvalue weighted by Crippen LogP contribution is 2.50. The van der Waals surface area contributed by atoms with Crippen LogP contribution in [0.4, 0.5) is 30.7 Å². The van der Waals surface area contributed by atoms with Gasteiger partial charge in [-0.05, 0) is 29.0 Å². The van der Waals surface area contributed by atoms with E-state index in [9.17, 15) is 35.5 Å². The van der Waals surface area contributed by atoms with Crippen LogP contribution in [-0.4, -0.2) is 55.8 Å². The summed E-state index contributed by atoms with van der Waals surface area (Å²) in [6.45, 7) is -1.20. The fraction of sp³-hybridized carbons (Fsp3) is 0.333. The van der Waals surface area contributed by atoms with Crippen molar-refractivity contribution in [1.29, 1.82) is 0 Å². The first kappa shape index (κ1) is 30.3.